The van der Waals surface area contributed by atoms with Crippen molar-refractivity contribution in [2.45, 2.75) is 79.1 Å². The molecular formula is C17H18F19NO3Si. The summed E-state index contributed by atoms with van der Waals surface area (Å²) in [5.41, 5.74) is 0. The SMILES string of the molecule is CO[Si](C)(C)CCCNC(=O)OCC(F)(F)C(F)(F)C(F)(F)C(F)(F)C(F)(F)C(F)(F)C(F)(F)C(F)(F)C(F)(F)F. The monoisotopic (exact) mass is 673 g/mol. The Labute approximate surface area is 217 Å². The molecule has 0 spiro atoms. The van der Waals surface area contributed by atoms with Gasteiger partial charge < -0.3 is 14.5 Å². The average molecular weight is 673 g/mol. The van der Waals surface area contributed by atoms with Gasteiger partial charge in [-0.05, 0) is 25.6 Å². The van der Waals surface area contributed by atoms with Gasteiger partial charge in [-0.2, -0.15) is 83.4 Å². The highest BCUT2D eigenvalue weighted by atomic mass is 28.4. The van der Waals surface area contributed by atoms with Crippen LogP contribution in [0.25, 0.3) is 0 Å². The average Bonchev–Trinajstić information content (AvgIpc) is 2.78. The van der Waals surface area contributed by atoms with Crippen LogP contribution in [0.15, 0.2) is 0 Å². The van der Waals surface area contributed by atoms with E-state index in [2.05, 4.69) is 4.74 Å². The van der Waals surface area contributed by atoms with Crippen LogP contribution in [0.3, 0.4) is 0 Å². The summed E-state index contributed by atoms with van der Waals surface area (Å²) in [6.45, 7) is -0.536. The third-order valence-electron chi connectivity index (χ3n) is 5.34. The fourth-order valence-corrected chi connectivity index (χ4v) is 3.73. The molecule has 0 aromatic heterocycles. The summed E-state index contributed by atoms with van der Waals surface area (Å²) in [7, 11) is -0.932. The number of alkyl carbamates (subject to hydrolysis) is 1. The summed E-state index contributed by atoms with van der Waals surface area (Å²) in [5.74, 6) is -67.6. The van der Waals surface area contributed by atoms with Crippen molar-refractivity contribution in [2.24, 2.45) is 0 Å². The van der Waals surface area contributed by atoms with E-state index in [-0.39, 0.29) is 12.5 Å². The number of hydrogen-bond acceptors (Lipinski definition) is 3. The zero-order valence-electron chi connectivity index (χ0n) is 20.2. The molecule has 0 atom stereocenters. The molecule has 4 nitrogen and oxygen atoms in total. The van der Waals surface area contributed by atoms with Gasteiger partial charge in [-0.1, -0.05) is 0 Å². The first kappa shape index (κ1) is 39.1. The quantitative estimate of drug-likeness (QED) is 0.118. The Morgan fingerprint density at radius 1 is 0.610 bits per heavy atom. The molecule has 0 aromatic rings. The van der Waals surface area contributed by atoms with E-state index in [9.17, 15) is 88.2 Å². The molecule has 0 aliphatic carbocycles. The Balaban J connectivity index is 6.14. The summed E-state index contributed by atoms with van der Waals surface area (Å²) < 4.78 is 260. The molecule has 0 aliphatic rings. The maximum absolute atomic E-state index is 13.7. The topological polar surface area (TPSA) is 47.6 Å². The summed E-state index contributed by atoms with van der Waals surface area (Å²) in [6, 6.07) is 0.270. The number of alkyl halides is 19. The third kappa shape index (κ3) is 6.55. The highest BCUT2D eigenvalue weighted by Gasteiger charge is 2.96. The Hall–Kier alpha value is -1.88. The molecular weight excluding hydrogens is 655 g/mol. The summed E-state index contributed by atoms with van der Waals surface area (Å²) in [5, 5.41) is 1.59. The second kappa shape index (κ2) is 11.3. The lowest BCUT2D eigenvalue weighted by Crippen LogP contribution is -2.76. The number of nitrogens with one attached hydrogen (secondary N) is 1. The van der Waals surface area contributed by atoms with Crippen LogP contribution in [0.1, 0.15) is 6.42 Å². The summed E-state index contributed by atoms with van der Waals surface area (Å²) in [4.78, 5) is 11.3. The third-order valence-corrected chi connectivity index (χ3v) is 8.01. The van der Waals surface area contributed by atoms with Crippen LogP contribution >= 0.6 is 0 Å². The van der Waals surface area contributed by atoms with Crippen molar-refractivity contribution in [3.05, 3.63) is 0 Å². The zero-order valence-corrected chi connectivity index (χ0v) is 21.2. The highest BCUT2D eigenvalue weighted by Crippen LogP contribution is 2.65. The van der Waals surface area contributed by atoms with E-state index in [0.717, 1.165) is 0 Å². The van der Waals surface area contributed by atoms with E-state index in [1.807, 2.05) is 0 Å². The Kier molecular flexibility index (Phi) is 10.8. The first-order valence-electron chi connectivity index (χ1n) is 10.2. The van der Waals surface area contributed by atoms with E-state index >= 15 is 0 Å². The number of carbonyl (C=O) groups is 1. The molecule has 0 rings (SSSR count). The molecule has 0 saturated carbocycles. The molecule has 246 valence electrons. The van der Waals surface area contributed by atoms with Gasteiger partial charge in [0.2, 0.25) is 0 Å². The van der Waals surface area contributed by atoms with Gasteiger partial charge in [0, 0.05) is 13.7 Å². The standard InChI is InChI=1S/C17H18F19NO3Si/c1-39-41(2,3)6-4-5-37-8(38)40-7-9(18,19)10(20,21)11(22,23)12(24,25)13(26,27)14(28,29)15(30,31)16(32,33)17(34,35)36/h4-7H2,1-3H3,(H,37,38). The van der Waals surface area contributed by atoms with Gasteiger partial charge in [0.05, 0.1) is 0 Å². The zero-order chi connectivity index (χ0) is 33.5. The van der Waals surface area contributed by atoms with Crippen LogP contribution < -0.4 is 5.32 Å². The van der Waals surface area contributed by atoms with Gasteiger partial charge in [0.1, 0.15) is 0 Å². The lowest BCUT2D eigenvalue weighted by Gasteiger charge is -2.43. The smallest absolute Gasteiger partial charge is 0.443 e. The number of halogens is 19. The number of hydrogen-bond donors (Lipinski definition) is 1. The lowest BCUT2D eigenvalue weighted by molar-refractivity contribution is -0.469. The fraction of sp³-hybridized carbons (Fsp3) is 0.941. The second-order valence-electron chi connectivity index (χ2n) is 8.79. The van der Waals surface area contributed by atoms with Crippen molar-refractivity contribution < 1.29 is 97.4 Å². The molecule has 0 saturated heterocycles. The number of amides is 1. The Morgan fingerprint density at radius 2 is 0.951 bits per heavy atom. The molecule has 0 aliphatic heterocycles. The summed E-state index contributed by atoms with van der Waals surface area (Å²) in [6.07, 6.45) is -10.1. The predicted octanol–water partition coefficient (Wildman–Crippen LogP) is 7.60. The van der Waals surface area contributed by atoms with Crippen LogP contribution in [0.4, 0.5) is 88.2 Å². The molecule has 0 aromatic carbocycles. The summed E-state index contributed by atoms with van der Waals surface area (Å²) >= 11 is 0. The molecule has 0 heterocycles. The molecule has 0 radical (unpaired) electrons. The first-order valence-corrected chi connectivity index (χ1v) is 13.3. The molecule has 0 fully saturated rings. The second-order valence-corrected chi connectivity index (χ2v) is 13.2. The van der Waals surface area contributed by atoms with Crippen LogP contribution in [-0.4, -0.2) is 88.2 Å². The van der Waals surface area contributed by atoms with Crippen LogP contribution in [0, 0.1) is 0 Å². The van der Waals surface area contributed by atoms with Gasteiger partial charge >= 0.3 is 59.6 Å². The van der Waals surface area contributed by atoms with Gasteiger partial charge in [0.15, 0.2) is 14.9 Å². The largest absolute Gasteiger partial charge is 0.460 e. The van der Waals surface area contributed by atoms with E-state index in [0.29, 0.717) is 0 Å². The normalized spacial score (nSPS) is 15.7. The van der Waals surface area contributed by atoms with Gasteiger partial charge in [-0.3, -0.25) is 0 Å². The first-order chi connectivity index (χ1) is 17.7. The van der Waals surface area contributed by atoms with Crippen LogP contribution in [0.5, 0.6) is 0 Å². The minimum Gasteiger partial charge on any atom is -0.443 e. The van der Waals surface area contributed by atoms with Crippen molar-refractivity contribution in [3.63, 3.8) is 0 Å². The van der Waals surface area contributed by atoms with Crippen molar-refractivity contribution >= 4 is 14.4 Å². The van der Waals surface area contributed by atoms with Gasteiger partial charge in [-0.15, -0.1) is 0 Å². The lowest BCUT2D eigenvalue weighted by atomic mass is 9.87. The van der Waals surface area contributed by atoms with Crippen molar-refractivity contribution in [2.75, 3.05) is 20.3 Å². The molecule has 24 heteroatoms. The minimum atomic E-state index is -9.00. The van der Waals surface area contributed by atoms with Crippen molar-refractivity contribution in [3.8, 4) is 0 Å². The van der Waals surface area contributed by atoms with E-state index in [1.165, 1.54) is 7.11 Å². The minimum absolute atomic E-state index is 0.0142. The maximum Gasteiger partial charge on any atom is 0.460 e. The van der Waals surface area contributed by atoms with E-state index < -0.39 is 81.1 Å². The van der Waals surface area contributed by atoms with Crippen LogP contribution in [-0.2, 0) is 9.16 Å². The Bertz CT molecular complexity index is 919. The van der Waals surface area contributed by atoms with Crippen molar-refractivity contribution in [1.29, 1.82) is 0 Å². The van der Waals surface area contributed by atoms with Crippen LogP contribution in [0.2, 0.25) is 19.1 Å². The predicted molar refractivity (Wildman–Crippen MR) is 98.9 cm³/mol. The fourth-order valence-electron chi connectivity index (χ4n) is 2.50. The molecule has 1 amide bonds. The molecule has 1 N–H and O–H groups in total. The van der Waals surface area contributed by atoms with E-state index in [4.69, 9.17) is 4.43 Å². The number of ether oxygens (including phenoxy) is 1. The maximum atomic E-state index is 13.7. The molecule has 0 unspecified atom stereocenters. The highest BCUT2D eigenvalue weighted by molar-refractivity contribution is 6.71. The number of rotatable bonds is 14. The van der Waals surface area contributed by atoms with Gasteiger partial charge in [-0.25, -0.2) is 4.79 Å². The van der Waals surface area contributed by atoms with Gasteiger partial charge in [0.25, 0.3) is 0 Å². The Morgan fingerprint density at radius 3 is 1.29 bits per heavy atom. The number of carbonyl (C=O) groups excluding carboxylic acids is 1. The van der Waals surface area contributed by atoms with Crippen molar-refractivity contribution in [1.82, 2.24) is 5.32 Å². The molecule has 41 heavy (non-hydrogen) atoms. The molecule has 0 bridgehead atoms. The van der Waals surface area contributed by atoms with E-state index in [1.54, 1.807) is 18.4 Å².